The molecule has 1 amide bonds. The van der Waals surface area contributed by atoms with Gasteiger partial charge in [0.25, 0.3) is 5.91 Å². The van der Waals surface area contributed by atoms with Crippen molar-refractivity contribution >= 4 is 21.8 Å². The normalized spacial score (nSPS) is 18.3. The molecule has 0 aliphatic carbocycles. The Hall–Kier alpha value is -1.93. The number of ether oxygens (including phenoxy) is 2. The average molecular weight is 368 g/mol. The maximum absolute atomic E-state index is 12.9. The van der Waals surface area contributed by atoms with Crippen molar-refractivity contribution in [1.82, 2.24) is 15.0 Å². The van der Waals surface area contributed by atoms with Gasteiger partial charge in [-0.15, -0.1) is 0 Å². The zero-order valence-electron chi connectivity index (χ0n) is 11.9. The van der Waals surface area contributed by atoms with Crippen molar-refractivity contribution in [3.05, 3.63) is 40.5 Å². The summed E-state index contributed by atoms with van der Waals surface area (Å²) in [7, 11) is 1.56. The van der Waals surface area contributed by atoms with Crippen LogP contribution in [0.5, 0.6) is 5.75 Å². The van der Waals surface area contributed by atoms with Crippen LogP contribution in [0.15, 0.2) is 33.6 Å². The monoisotopic (exact) mass is 367 g/mol. The second kappa shape index (κ2) is 6.45. The van der Waals surface area contributed by atoms with Gasteiger partial charge >= 0.3 is 0 Å². The first-order chi connectivity index (χ1) is 10.7. The fraction of sp³-hybridized carbons (Fsp3) is 0.357. The fourth-order valence-electron chi connectivity index (χ4n) is 2.34. The summed E-state index contributed by atoms with van der Waals surface area (Å²) >= 11 is 3.41. The van der Waals surface area contributed by atoms with Crippen molar-refractivity contribution in [3.8, 4) is 5.75 Å². The zero-order chi connectivity index (χ0) is 15.5. The predicted molar refractivity (Wildman–Crippen MR) is 79.6 cm³/mol. The molecule has 0 spiro atoms. The maximum Gasteiger partial charge on any atom is 0.255 e. The Morgan fingerprint density at radius 1 is 1.50 bits per heavy atom. The van der Waals surface area contributed by atoms with Crippen molar-refractivity contribution in [2.24, 2.45) is 0 Å². The molecule has 0 saturated carbocycles. The third kappa shape index (κ3) is 2.84. The highest BCUT2D eigenvalue weighted by Gasteiger charge is 2.33. The molecule has 1 saturated heterocycles. The lowest BCUT2D eigenvalue weighted by atomic mass is 10.1. The summed E-state index contributed by atoms with van der Waals surface area (Å²) in [6.07, 6.45) is 1.24. The lowest BCUT2D eigenvalue weighted by Gasteiger charge is -2.34. The van der Waals surface area contributed by atoms with E-state index in [1.165, 1.54) is 6.39 Å². The SMILES string of the molecule is COc1ccc(Br)c(C(=O)N2CCOC[C@H]2c2ncon2)c1. The van der Waals surface area contributed by atoms with Gasteiger partial charge in [-0.3, -0.25) is 4.79 Å². The summed E-state index contributed by atoms with van der Waals surface area (Å²) in [5.41, 5.74) is 0.523. The number of halogens is 1. The summed E-state index contributed by atoms with van der Waals surface area (Å²) in [6, 6.07) is 4.92. The third-order valence-electron chi connectivity index (χ3n) is 3.47. The largest absolute Gasteiger partial charge is 0.497 e. The highest BCUT2D eigenvalue weighted by Crippen LogP contribution is 2.28. The minimum Gasteiger partial charge on any atom is -0.497 e. The number of benzene rings is 1. The Kier molecular flexibility index (Phi) is 4.39. The Morgan fingerprint density at radius 2 is 2.36 bits per heavy atom. The Bertz CT molecular complexity index is 662. The first-order valence-electron chi connectivity index (χ1n) is 6.69. The van der Waals surface area contributed by atoms with E-state index in [0.717, 1.165) is 0 Å². The van der Waals surface area contributed by atoms with E-state index in [9.17, 15) is 4.79 Å². The minimum atomic E-state index is -0.363. The molecule has 1 fully saturated rings. The summed E-state index contributed by atoms with van der Waals surface area (Å²) in [5.74, 6) is 0.923. The lowest BCUT2D eigenvalue weighted by Crippen LogP contribution is -2.44. The van der Waals surface area contributed by atoms with Gasteiger partial charge in [-0.2, -0.15) is 4.98 Å². The molecule has 1 aromatic carbocycles. The van der Waals surface area contributed by atoms with Crippen LogP contribution in [-0.4, -0.2) is 47.8 Å². The molecular weight excluding hydrogens is 354 g/mol. The van der Waals surface area contributed by atoms with Gasteiger partial charge < -0.3 is 18.9 Å². The first kappa shape index (κ1) is 15.0. The molecular formula is C14H14BrN3O4. The number of amides is 1. The zero-order valence-corrected chi connectivity index (χ0v) is 13.4. The summed E-state index contributed by atoms with van der Waals surface area (Å²) in [4.78, 5) is 18.6. The van der Waals surface area contributed by atoms with Crippen molar-refractivity contribution in [3.63, 3.8) is 0 Å². The van der Waals surface area contributed by atoms with E-state index in [0.29, 0.717) is 41.4 Å². The van der Waals surface area contributed by atoms with E-state index in [1.807, 2.05) is 0 Å². The third-order valence-corrected chi connectivity index (χ3v) is 4.16. The number of methoxy groups -OCH3 is 1. The number of carbonyl (C=O) groups excluding carboxylic acids is 1. The maximum atomic E-state index is 12.9. The summed E-state index contributed by atoms with van der Waals surface area (Å²) < 4.78 is 16.1. The number of carbonyl (C=O) groups is 1. The highest BCUT2D eigenvalue weighted by atomic mass is 79.9. The van der Waals surface area contributed by atoms with E-state index < -0.39 is 0 Å². The van der Waals surface area contributed by atoms with E-state index in [1.54, 1.807) is 30.2 Å². The Morgan fingerprint density at radius 3 is 3.09 bits per heavy atom. The van der Waals surface area contributed by atoms with Crippen molar-refractivity contribution in [2.45, 2.75) is 6.04 Å². The molecule has 0 bridgehead atoms. The van der Waals surface area contributed by atoms with Crippen LogP contribution in [0.1, 0.15) is 22.2 Å². The first-order valence-corrected chi connectivity index (χ1v) is 7.48. The van der Waals surface area contributed by atoms with Crippen molar-refractivity contribution < 1.29 is 18.8 Å². The molecule has 22 heavy (non-hydrogen) atoms. The number of rotatable bonds is 3. The molecule has 0 radical (unpaired) electrons. The van der Waals surface area contributed by atoms with Gasteiger partial charge in [0.2, 0.25) is 6.39 Å². The second-order valence-corrected chi connectivity index (χ2v) is 5.58. The van der Waals surface area contributed by atoms with Gasteiger partial charge in [0.15, 0.2) is 5.82 Å². The van der Waals surface area contributed by atoms with Crippen LogP contribution in [0.4, 0.5) is 0 Å². The molecule has 1 aromatic heterocycles. The standard InChI is InChI=1S/C14H14BrN3O4/c1-20-9-2-3-11(15)10(6-9)14(19)18-4-5-21-7-12(18)13-16-8-22-17-13/h2-3,6,8,12H,4-5,7H2,1H3/t12-/m0/s1. The minimum absolute atomic E-state index is 0.135. The summed E-state index contributed by atoms with van der Waals surface area (Å²) in [5, 5.41) is 3.83. The quantitative estimate of drug-likeness (QED) is 0.825. The molecule has 116 valence electrons. The molecule has 0 unspecified atom stereocenters. The molecule has 7 nitrogen and oxygen atoms in total. The van der Waals surface area contributed by atoms with Gasteiger partial charge in [-0.05, 0) is 34.1 Å². The molecule has 8 heteroatoms. The Balaban J connectivity index is 1.92. The molecule has 0 N–H and O–H groups in total. The number of morpholine rings is 1. The molecule has 1 aliphatic rings. The molecule has 1 atom stereocenters. The number of aromatic nitrogens is 2. The van der Waals surface area contributed by atoms with Crippen LogP contribution in [-0.2, 0) is 4.74 Å². The van der Waals surface area contributed by atoms with Gasteiger partial charge in [-0.1, -0.05) is 5.16 Å². The van der Waals surface area contributed by atoms with Crippen molar-refractivity contribution in [2.75, 3.05) is 26.9 Å². The number of hydrogen-bond donors (Lipinski definition) is 0. The van der Waals surface area contributed by atoms with Gasteiger partial charge in [-0.25, -0.2) is 0 Å². The summed E-state index contributed by atoms with van der Waals surface area (Å²) in [6.45, 7) is 1.27. The number of nitrogens with zero attached hydrogens (tertiary/aromatic N) is 3. The van der Waals surface area contributed by atoms with E-state index >= 15 is 0 Å². The predicted octanol–water partition coefficient (Wildman–Crippen LogP) is 2.05. The highest BCUT2D eigenvalue weighted by molar-refractivity contribution is 9.10. The van der Waals surface area contributed by atoms with E-state index in [4.69, 9.17) is 14.0 Å². The van der Waals surface area contributed by atoms with Crippen LogP contribution >= 0.6 is 15.9 Å². The lowest BCUT2D eigenvalue weighted by molar-refractivity contribution is -0.00583. The number of hydrogen-bond acceptors (Lipinski definition) is 6. The second-order valence-electron chi connectivity index (χ2n) is 4.72. The van der Waals surface area contributed by atoms with Crippen LogP contribution in [0.25, 0.3) is 0 Å². The Labute approximate surface area is 135 Å². The molecule has 2 heterocycles. The van der Waals surface area contributed by atoms with Crippen LogP contribution in [0.2, 0.25) is 0 Å². The van der Waals surface area contributed by atoms with Gasteiger partial charge in [0, 0.05) is 11.0 Å². The smallest absolute Gasteiger partial charge is 0.255 e. The molecule has 2 aromatic rings. The van der Waals surface area contributed by atoms with Gasteiger partial charge in [0.1, 0.15) is 11.8 Å². The van der Waals surface area contributed by atoms with E-state index in [-0.39, 0.29) is 11.9 Å². The van der Waals surface area contributed by atoms with E-state index in [2.05, 4.69) is 26.1 Å². The van der Waals surface area contributed by atoms with Crippen LogP contribution in [0, 0.1) is 0 Å². The van der Waals surface area contributed by atoms with Gasteiger partial charge in [0.05, 0.1) is 25.9 Å². The topological polar surface area (TPSA) is 77.7 Å². The fourth-order valence-corrected chi connectivity index (χ4v) is 2.75. The van der Waals surface area contributed by atoms with Crippen molar-refractivity contribution in [1.29, 1.82) is 0 Å². The van der Waals surface area contributed by atoms with Crippen LogP contribution in [0.3, 0.4) is 0 Å². The van der Waals surface area contributed by atoms with Crippen LogP contribution < -0.4 is 4.74 Å². The molecule has 1 aliphatic heterocycles. The molecule has 3 rings (SSSR count). The average Bonchev–Trinajstić information content (AvgIpc) is 3.09.